The third-order valence-corrected chi connectivity index (χ3v) is 4.18. The van der Waals surface area contributed by atoms with Crippen molar-refractivity contribution < 1.29 is 10.2 Å². The van der Waals surface area contributed by atoms with E-state index >= 15 is 0 Å². The highest BCUT2D eigenvalue weighted by Crippen LogP contribution is 2.33. The molecule has 3 rings (SSSR count). The van der Waals surface area contributed by atoms with E-state index in [1.165, 1.54) is 23.5 Å². The van der Waals surface area contributed by atoms with Gasteiger partial charge in [0.25, 0.3) is 0 Å². The van der Waals surface area contributed by atoms with Crippen molar-refractivity contribution >= 4 is 38.6 Å². The van der Waals surface area contributed by atoms with Gasteiger partial charge in [0.05, 0.1) is 0 Å². The summed E-state index contributed by atoms with van der Waals surface area (Å²) in [5, 5.41) is 28.0. The van der Waals surface area contributed by atoms with Crippen molar-refractivity contribution in [2.24, 2.45) is 4.99 Å². The highest BCUT2D eigenvalue weighted by Gasteiger charge is 2.08. The lowest BCUT2D eigenvalue weighted by molar-refractivity contribution is 0.404. The number of benzene rings is 2. The molecule has 0 spiro atoms. The monoisotopic (exact) mass is 375 g/mol. The number of hydrogen-bond acceptors (Lipinski definition) is 6. The van der Waals surface area contributed by atoms with Gasteiger partial charge >= 0.3 is 0 Å². The van der Waals surface area contributed by atoms with E-state index in [2.05, 4.69) is 31.1 Å². The van der Waals surface area contributed by atoms with E-state index in [0.717, 1.165) is 10.0 Å². The summed E-state index contributed by atoms with van der Waals surface area (Å²) in [5.74, 6) is -0.354. The Labute approximate surface area is 138 Å². The molecule has 3 aromatic rings. The second kappa shape index (κ2) is 6.25. The molecule has 1 aromatic heterocycles. The van der Waals surface area contributed by atoms with Crippen molar-refractivity contribution in [3.8, 4) is 22.1 Å². The van der Waals surface area contributed by atoms with Crippen LogP contribution in [0.2, 0.25) is 0 Å². The van der Waals surface area contributed by atoms with Crippen LogP contribution < -0.4 is 0 Å². The Balaban J connectivity index is 1.83. The Kier molecular flexibility index (Phi) is 4.17. The number of aliphatic imine (C=N–C) groups is 1. The largest absolute Gasteiger partial charge is 0.504 e. The van der Waals surface area contributed by atoms with Gasteiger partial charge in [-0.2, -0.15) is 0 Å². The highest BCUT2D eigenvalue weighted by atomic mass is 79.9. The van der Waals surface area contributed by atoms with Gasteiger partial charge in [-0.05, 0) is 35.9 Å². The van der Waals surface area contributed by atoms with Crippen molar-refractivity contribution in [1.29, 1.82) is 0 Å². The molecule has 2 N–H and O–H groups in total. The maximum Gasteiger partial charge on any atom is 0.231 e. The molecule has 0 aliphatic heterocycles. The van der Waals surface area contributed by atoms with E-state index in [1.807, 2.05) is 24.3 Å². The zero-order valence-corrected chi connectivity index (χ0v) is 13.5. The van der Waals surface area contributed by atoms with Crippen molar-refractivity contribution in [2.45, 2.75) is 0 Å². The van der Waals surface area contributed by atoms with Crippen LogP contribution >= 0.6 is 27.3 Å². The minimum Gasteiger partial charge on any atom is -0.504 e. The van der Waals surface area contributed by atoms with Crippen LogP contribution in [-0.2, 0) is 0 Å². The van der Waals surface area contributed by atoms with Crippen LogP contribution in [-0.4, -0.2) is 26.6 Å². The van der Waals surface area contributed by atoms with Gasteiger partial charge in [0.15, 0.2) is 11.5 Å². The first-order valence-corrected chi connectivity index (χ1v) is 7.88. The van der Waals surface area contributed by atoms with Crippen molar-refractivity contribution in [3.05, 3.63) is 52.5 Å². The molecular weight excluding hydrogens is 366 g/mol. The average molecular weight is 376 g/mol. The van der Waals surface area contributed by atoms with Crippen molar-refractivity contribution in [1.82, 2.24) is 10.2 Å². The molecule has 7 heteroatoms. The number of nitrogens with zero attached hydrogens (tertiary/aromatic N) is 3. The Bertz CT molecular complexity index is 848. The molecule has 0 radical (unpaired) electrons. The topological polar surface area (TPSA) is 78.6 Å². The number of aromatic nitrogens is 2. The first-order chi connectivity index (χ1) is 10.6. The van der Waals surface area contributed by atoms with Crippen LogP contribution in [0, 0.1) is 0 Å². The second-order valence-electron chi connectivity index (χ2n) is 4.41. The zero-order valence-electron chi connectivity index (χ0n) is 11.1. The lowest BCUT2D eigenvalue weighted by Gasteiger charge is -1.98. The lowest BCUT2D eigenvalue weighted by Crippen LogP contribution is -1.79. The zero-order chi connectivity index (χ0) is 15.5. The predicted octanol–water partition coefficient (Wildman–Crippen LogP) is 4.13. The molecule has 5 nitrogen and oxygen atoms in total. The molecule has 1 heterocycles. The Morgan fingerprint density at radius 1 is 1.05 bits per heavy atom. The predicted molar refractivity (Wildman–Crippen MR) is 90.1 cm³/mol. The van der Waals surface area contributed by atoms with Crippen LogP contribution in [0.5, 0.6) is 11.5 Å². The third-order valence-electron chi connectivity index (χ3n) is 2.81. The van der Waals surface area contributed by atoms with E-state index in [1.54, 1.807) is 12.3 Å². The molecule has 0 fully saturated rings. The molecule has 2 aromatic carbocycles. The molecule has 110 valence electrons. The minimum atomic E-state index is -0.188. The Hall–Kier alpha value is -2.25. The molecule has 0 atom stereocenters. The number of halogens is 1. The maximum absolute atomic E-state index is 9.52. The fourth-order valence-corrected chi connectivity index (χ4v) is 2.86. The summed E-state index contributed by atoms with van der Waals surface area (Å²) in [7, 11) is 0. The van der Waals surface area contributed by atoms with Gasteiger partial charge in [-0.3, -0.25) is 0 Å². The SMILES string of the molecule is Oc1ccc(-c2nnc(N=Cc3cccc(Br)c3)s2)cc1O. The second-order valence-corrected chi connectivity index (χ2v) is 6.28. The smallest absolute Gasteiger partial charge is 0.231 e. The molecule has 0 saturated carbocycles. The number of phenols is 2. The summed E-state index contributed by atoms with van der Waals surface area (Å²) in [6, 6.07) is 12.3. The minimum absolute atomic E-state index is 0.166. The van der Waals surface area contributed by atoms with E-state index < -0.39 is 0 Å². The van der Waals surface area contributed by atoms with Gasteiger partial charge in [0, 0.05) is 16.3 Å². The molecule has 0 aliphatic carbocycles. The average Bonchev–Trinajstić information content (AvgIpc) is 2.97. The third kappa shape index (κ3) is 3.32. The Morgan fingerprint density at radius 2 is 1.91 bits per heavy atom. The molecular formula is C15H10BrN3O2S. The van der Waals surface area contributed by atoms with Crippen molar-refractivity contribution in [2.75, 3.05) is 0 Å². The molecule has 22 heavy (non-hydrogen) atoms. The van der Waals surface area contributed by atoms with Crippen LogP contribution in [0.25, 0.3) is 10.6 Å². The van der Waals surface area contributed by atoms with Gasteiger partial charge in [0.1, 0.15) is 5.01 Å². The van der Waals surface area contributed by atoms with E-state index in [9.17, 15) is 10.2 Å². The summed E-state index contributed by atoms with van der Waals surface area (Å²) in [6.45, 7) is 0. The molecule has 0 amide bonds. The van der Waals surface area contributed by atoms with Crippen LogP contribution in [0.15, 0.2) is 51.9 Å². The summed E-state index contributed by atoms with van der Waals surface area (Å²) in [4.78, 5) is 4.29. The molecule has 0 bridgehead atoms. The first kappa shape index (κ1) is 14.7. The first-order valence-electron chi connectivity index (χ1n) is 6.27. The highest BCUT2D eigenvalue weighted by molar-refractivity contribution is 9.10. The van der Waals surface area contributed by atoms with Gasteiger partial charge < -0.3 is 10.2 Å². The molecule has 0 saturated heterocycles. The standard InChI is InChI=1S/C15H10BrN3O2S/c16-11-3-1-2-9(6-11)8-17-15-19-18-14(22-15)10-4-5-12(20)13(21)7-10/h1-8,20-21H. The summed E-state index contributed by atoms with van der Waals surface area (Å²) < 4.78 is 0.981. The van der Waals surface area contributed by atoms with Crippen LogP contribution in [0.4, 0.5) is 5.13 Å². The lowest BCUT2D eigenvalue weighted by atomic mass is 10.2. The van der Waals surface area contributed by atoms with Gasteiger partial charge in [-0.1, -0.05) is 39.4 Å². The number of rotatable bonds is 3. The van der Waals surface area contributed by atoms with Crippen molar-refractivity contribution in [3.63, 3.8) is 0 Å². The fraction of sp³-hybridized carbons (Fsp3) is 0. The summed E-state index contributed by atoms with van der Waals surface area (Å²) in [6.07, 6.45) is 1.71. The normalized spacial score (nSPS) is 11.1. The van der Waals surface area contributed by atoms with Gasteiger partial charge in [0.2, 0.25) is 5.13 Å². The molecule has 0 aliphatic rings. The van der Waals surface area contributed by atoms with Crippen LogP contribution in [0.3, 0.4) is 0 Å². The van der Waals surface area contributed by atoms with Gasteiger partial charge in [-0.25, -0.2) is 4.99 Å². The van der Waals surface area contributed by atoms with E-state index in [4.69, 9.17) is 0 Å². The summed E-state index contributed by atoms with van der Waals surface area (Å²) in [5.41, 5.74) is 1.63. The number of phenolic OH excluding ortho intramolecular Hbond substituents is 2. The van der Waals surface area contributed by atoms with Gasteiger partial charge in [-0.15, -0.1) is 10.2 Å². The quantitative estimate of drug-likeness (QED) is 0.532. The maximum atomic E-state index is 9.52. The fourth-order valence-electron chi connectivity index (χ4n) is 1.76. The Morgan fingerprint density at radius 3 is 2.68 bits per heavy atom. The van der Waals surface area contributed by atoms with E-state index in [-0.39, 0.29) is 11.5 Å². The summed E-state index contributed by atoms with van der Waals surface area (Å²) >= 11 is 4.70. The molecule has 0 unspecified atom stereocenters. The van der Waals surface area contributed by atoms with Crippen LogP contribution in [0.1, 0.15) is 5.56 Å². The number of hydrogen-bond donors (Lipinski definition) is 2. The number of aromatic hydroxyl groups is 2. The van der Waals surface area contributed by atoms with E-state index in [0.29, 0.717) is 15.7 Å².